The summed E-state index contributed by atoms with van der Waals surface area (Å²) in [5, 5.41) is 4.64. The van der Waals surface area contributed by atoms with Gasteiger partial charge in [-0.1, -0.05) is 36.8 Å². The lowest BCUT2D eigenvalue weighted by atomic mass is 9.88. The molecule has 1 N–H and O–H groups in total. The van der Waals surface area contributed by atoms with E-state index in [1.165, 1.54) is 29.8 Å². The van der Waals surface area contributed by atoms with Gasteiger partial charge in [0.2, 0.25) is 0 Å². The number of Topliss-reactive ketones (excluding diaryl/α,β-unsaturated/α-hetero) is 1. The van der Waals surface area contributed by atoms with Crippen LogP contribution in [0.4, 0.5) is 8.78 Å². The highest BCUT2D eigenvalue weighted by Gasteiger charge is 2.35. The van der Waals surface area contributed by atoms with Crippen molar-refractivity contribution in [3.63, 3.8) is 0 Å². The number of hydrogen-bond acceptors (Lipinski definition) is 5. The van der Waals surface area contributed by atoms with Crippen LogP contribution in [0.3, 0.4) is 0 Å². The number of ketones is 1. The molecule has 2 fully saturated rings. The number of carbonyl (C=O) groups excluding carboxylic acids is 1. The zero-order valence-corrected chi connectivity index (χ0v) is 21.6. The van der Waals surface area contributed by atoms with Crippen LogP contribution in [0.5, 0.6) is 0 Å². The molecule has 2 aliphatic rings. The van der Waals surface area contributed by atoms with Crippen molar-refractivity contribution >= 4 is 21.5 Å². The maximum atomic E-state index is 13.5. The van der Waals surface area contributed by atoms with Crippen LogP contribution in [-0.2, 0) is 14.9 Å². The SMILES string of the molecule is CCCC(=O)C1CCCN1N1CCC(=C(c2ccc(F)cc2)c2ccc(F)cc2)CC1.CS(=O)(=O)O. The second kappa shape index (κ2) is 12.7. The van der Waals surface area contributed by atoms with Crippen LogP contribution in [0, 0.1) is 11.6 Å². The smallest absolute Gasteiger partial charge is 0.261 e. The summed E-state index contributed by atoms with van der Waals surface area (Å²) in [6.45, 7) is 4.72. The second-order valence-electron chi connectivity index (χ2n) is 9.22. The van der Waals surface area contributed by atoms with Gasteiger partial charge in [0.05, 0.1) is 12.3 Å². The molecule has 0 aromatic heterocycles. The predicted octanol–water partition coefficient (Wildman–Crippen LogP) is 5.12. The van der Waals surface area contributed by atoms with Crippen LogP contribution in [0.2, 0.25) is 0 Å². The van der Waals surface area contributed by atoms with Crippen LogP contribution in [0.25, 0.3) is 5.57 Å². The lowest BCUT2D eigenvalue weighted by molar-refractivity contribution is -0.131. The van der Waals surface area contributed by atoms with Crippen molar-refractivity contribution in [1.29, 1.82) is 0 Å². The Kier molecular flexibility index (Phi) is 9.90. The number of rotatable bonds is 6. The van der Waals surface area contributed by atoms with Crippen LogP contribution < -0.4 is 0 Å². The van der Waals surface area contributed by atoms with Crippen molar-refractivity contribution < 1.29 is 26.5 Å². The molecular weight excluding hydrogens is 486 g/mol. The standard InChI is InChI=1S/C26H30F2N2O.CH4O3S/c1-2-4-25(31)24-5-3-16-30(24)29-17-14-21(15-18-29)26(19-6-10-22(27)11-7-19)20-8-12-23(28)13-9-20;1-5(2,3)4/h6-13,24H,2-5,14-18H2,1H3;1H3,(H,2,3,4). The average molecular weight is 521 g/mol. The van der Waals surface area contributed by atoms with Crippen LogP contribution in [0.1, 0.15) is 56.6 Å². The lowest BCUT2D eigenvalue weighted by Crippen LogP contribution is -2.50. The Bertz CT molecular complexity index is 1100. The number of hydrazine groups is 1. The summed E-state index contributed by atoms with van der Waals surface area (Å²) in [6.07, 6.45) is 6.02. The first kappa shape index (κ1) is 28.1. The molecule has 0 amide bonds. The first-order valence-electron chi connectivity index (χ1n) is 12.3. The van der Waals surface area contributed by atoms with Gasteiger partial charge in [-0.25, -0.2) is 18.8 Å². The van der Waals surface area contributed by atoms with Gasteiger partial charge in [0, 0.05) is 26.1 Å². The van der Waals surface area contributed by atoms with Crippen molar-refractivity contribution in [2.75, 3.05) is 25.9 Å². The first-order chi connectivity index (χ1) is 17.1. The lowest BCUT2D eigenvalue weighted by Gasteiger charge is -2.39. The Hall–Kier alpha value is -2.46. The van der Waals surface area contributed by atoms with Gasteiger partial charge in [0.15, 0.2) is 5.78 Å². The Labute approximate surface area is 212 Å². The number of nitrogens with zero attached hydrogens (tertiary/aromatic N) is 2. The zero-order valence-electron chi connectivity index (χ0n) is 20.8. The molecule has 0 radical (unpaired) electrons. The molecule has 196 valence electrons. The van der Waals surface area contributed by atoms with Crippen LogP contribution in [0.15, 0.2) is 54.1 Å². The van der Waals surface area contributed by atoms with Crippen molar-refractivity contribution in [2.24, 2.45) is 0 Å². The fraction of sp³-hybridized carbons (Fsp3) is 0.444. The monoisotopic (exact) mass is 520 g/mol. The van der Waals surface area contributed by atoms with Gasteiger partial charge >= 0.3 is 0 Å². The topological polar surface area (TPSA) is 77.9 Å². The van der Waals surface area contributed by atoms with E-state index in [1.54, 1.807) is 24.3 Å². The molecule has 2 aromatic carbocycles. The van der Waals surface area contributed by atoms with Gasteiger partial charge in [-0.15, -0.1) is 0 Å². The minimum absolute atomic E-state index is 0.0270. The highest BCUT2D eigenvalue weighted by molar-refractivity contribution is 7.85. The molecular formula is C27H34F2N2O4S. The molecule has 2 heterocycles. The van der Waals surface area contributed by atoms with Crippen LogP contribution in [-0.4, -0.2) is 60.7 Å². The van der Waals surface area contributed by atoms with Crippen LogP contribution >= 0.6 is 0 Å². The first-order valence-corrected chi connectivity index (χ1v) is 14.1. The molecule has 9 heteroatoms. The molecule has 4 rings (SSSR count). The molecule has 0 saturated carbocycles. The molecule has 2 saturated heterocycles. The molecule has 0 aliphatic carbocycles. The number of piperidine rings is 1. The summed E-state index contributed by atoms with van der Waals surface area (Å²) in [5.41, 5.74) is 4.27. The summed E-state index contributed by atoms with van der Waals surface area (Å²) < 4.78 is 52.9. The van der Waals surface area contributed by atoms with E-state index in [1.807, 2.05) is 0 Å². The van der Waals surface area contributed by atoms with Crippen molar-refractivity contribution in [1.82, 2.24) is 10.0 Å². The van der Waals surface area contributed by atoms with E-state index in [0.717, 1.165) is 68.4 Å². The molecule has 36 heavy (non-hydrogen) atoms. The van der Waals surface area contributed by atoms with Gasteiger partial charge < -0.3 is 0 Å². The summed E-state index contributed by atoms with van der Waals surface area (Å²) in [5.74, 6) is -0.169. The van der Waals surface area contributed by atoms with E-state index in [4.69, 9.17) is 4.55 Å². The van der Waals surface area contributed by atoms with E-state index in [2.05, 4.69) is 16.9 Å². The number of carbonyl (C=O) groups is 1. The maximum Gasteiger partial charge on any atom is 0.261 e. The Morgan fingerprint density at radius 3 is 1.86 bits per heavy atom. The summed E-state index contributed by atoms with van der Waals surface area (Å²) >= 11 is 0. The highest BCUT2D eigenvalue weighted by Crippen LogP contribution is 2.34. The van der Waals surface area contributed by atoms with Gasteiger partial charge in [-0.05, 0) is 73.1 Å². The number of halogens is 2. The van der Waals surface area contributed by atoms with Gasteiger partial charge in [-0.3, -0.25) is 9.35 Å². The van der Waals surface area contributed by atoms with Gasteiger partial charge in [0.25, 0.3) is 10.1 Å². The van der Waals surface area contributed by atoms with E-state index < -0.39 is 10.1 Å². The number of benzene rings is 2. The normalized spacial score (nSPS) is 19.0. The molecule has 2 aliphatic heterocycles. The van der Waals surface area contributed by atoms with E-state index in [0.29, 0.717) is 18.5 Å². The third-order valence-corrected chi connectivity index (χ3v) is 6.42. The largest absolute Gasteiger partial charge is 0.298 e. The maximum absolute atomic E-state index is 13.5. The fourth-order valence-electron chi connectivity index (χ4n) is 4.91. The van der Waals surface area contributed by atoms with E-state index >= 15 is 0 Å². The summed E-state index contributed by atoms with van der Waals surface area (Å²) in [6, 6.07) is 13.1. The Morgan fingerprint density at radius 2 is 1.42 bits per heavy atom. The molecule has 0 bridgehead atoms. The molecule has 6 nitrogen and oxygen atoms in total. The number of hydrogen-bond donors (Lipinski definition) is 1. The predicted molar refractivity (Wildman–Crippen MR) is 137 cm³/mol. The van der Waals surface area contributed by atoms with Gasteiger partial charge in [-0.2, -0.15) is 8.42 Å². The zero-order chi connectivity index (χ0) is 26.3. The molecule has 2 aromatic rings. The highest BCUT2D eigenvalue weighted by atomic mass is 32.2. The van der Waals surface area contributed by atoms with Crippen molar-refractivity contribution in [3.05, 3.63) is 76.9 Å². The Morgan fingerprint density at radius 1 is 0.944 bits per heavy atom. The fourth-order valence-corrected chi connectivity index (χ4v) is 4.91. The van der Waals surface area contributed by atoms with E-state index in [9.17, 15) is 22.0 Å². The third kappa shape index (κ3) is 8.03. The molecule has 0 spiro atoms. The Balaban J connectivity index is 0.000000658. The van der Waals surface area contributed by atoms with Crippen molar-refractivity contribution in [2.45, 2.75) is 51.5 Å². The second-order valence-corrected chi connectivity index (χ2v) is 10.7. The van der Waals surface area contributed by atoms with Gasteiger partial charge in [0.1, 0.15) is 11.6 Å². The molecule has 1 atom stereocenters. The van der Waals surface area contributed by atoms with E-state index in [-0.39, 0.29) is 17.7 Å². The summed E-state index contributed by atoms with van der Waals surface area (Å²) in [7, 11) is -3.67. The quantitative estimate of drug-likeness (QED) is 0.533. The summed E-state index contributed by atoms with van der Waals surface area (Å²) in [4.78, 5) is 12.6. The molecule has 1 unspecified atom stereocenters. The van der Waals surface area contributed by atoms with Crippen molar-refractivity contribution in [3.8, 4) is 0 Å². The average Bonchev–Trinajstić information content (AvgIpc) is 3.31. The minimum atomic E-state index is -3.67. The minimum Gasteiger partial charge on any atom is -0.298 e. The third-order valence-electron chi connectivity index (χ3n) is 6.42.